The summed E-state index contributed by atoms with van der Waals surface area (Å²) in [5.41, 5.74) is 0.449. The molecule has 1 amide bonds. The molecule has 1 aromatic rings. The average Bonchev–Trinajstić information content (AvgIpc) is 2.96. The van der Waals surface area contributed by atoms with E-state index < -0.39 is 11.7 Å². The van der Waals surface area contributed by atoms with Crippen LogP contribution in [0.15, 0.2) is 23.1 Å². The fourth-order valence-corrected chi connectivity index (χ4v) is 4.82. The number of alkyl halides is 3. The van der Waals surface area contributed by atoms with Crippen LogP contribution in [0.5, 0.6) is 0 Å². The van der Waals surface area contributed by atoms with E-state index in [1.807, 2.05) is 0 Å². The van der Waals surface area contributed by atoms with Crippen molar-refractivity contribution in [1.29, 1.82) is 0 Å². The lowest BCUT2D eigenvalue weighted by Gasteiger charge is -2.34. The number of methoxy groups -OCH3 is 1. The third-order valence-corrected chi connectivity index (χ3v) is 5.89. The molecule has 1 atom stereocenters. The topological polar surface area (TPSA) is 29.5 Å². The Balaban J connectivity index is 1.70. The molecule has 0 spiro atoms. The Morgan fingerprint density at radius 3 is 2.61 bits per heavy atom. The van der Waals surface area contributed by atoms with Gasteiger partial charge in [-0.15, -0.1) is 11.8 Å². The van der Waals surface area contributed by atoms with Crippen molar-refractivity contribution in [2.75, 3.05) is 26.0 Å². The Labute approximate surface area is 137 Å². The first-order valence-corrected chi connectivity index (χ1v) is 8.55. The van der Waals surface area contributed by atoms with E-state index in [9.17, 15) is 18.0 Å². The predicted molar refractivity (Wildman–Crippen MR) is 81.6 cm³/mol. The summed E-state index contributed by atoms with van der Waals surface area (Å²) in [7, 11) is 1.37. The largest absolute Gasteiger partial charge is 0.453 e. The maximum Gasteiger partial charge on any atom is 0.416 e. The van der Waals surface area contributed by atoms with E-state index >= 15 is 0 Å². The number of rotatable bonds is 1. The molecule has 7 heteroatoms. The fourth-order valence-electron chi connectivity index (χ4n) is 3.41. The van der Waals surface area contributed by atoms with Crippen LogP contribution in [0.1, 0.15) is 29.9 Å². The first kappa shape index (κ1) is 16.5. The van der Waals surface area contributed by atoms with Gasteiger partial charge in [0.25, 0.3) is 0 Å². The Kier molecular flexibility index (Phi) is 4.49. The third-order valence-electron chi connectivity index (χ3n) is 4.70. The quantitative estimate of drug-likeness (QED) is 0.757. The van der Waals surface area contributed by atoms with Gasteiger partial charge in [0.05, 0.1) is 12.7 Å². The van der Waals surface area contributed by atoms with Gasteiger partial charge in [0.15, 0.2) is 0 Å². The molecule has 2 aliphatic heterocycles. The number of thioether (sulfide) groups is 1. The van der Waals surface area contributed by atoms with Crippen molar-refractivity contribution >= 4 is 17.9 Å². The Hall–Kier alpha value is -1.37. The van der Waals surface area contributed by atoms with Crippen molar-refractivity contribution in [3.8, 4) is 0 Å². The number of piperidine rings is 1. The van der Waals surface area contributed by atoms with Crippen LogP contribution in [0, 0.1) is 5.92 Å². The Morgan fingerprint density at radius 1 is 1.30 bits per heavy atom. The van der Waals surface area contributed by atoms with Crippen LogP contribution in [-0.2, 0) is 10.9 Å². The van der Waals surface area contributed by atoms with Gasteiger partial charge in [0.2, 0.25) is 0 Å². The number of halogens is 3. The maximum absolute atomic E-state index is 12.8. The SMILES string of the molecule is COC(=O)N1CCC(C2CSc3cc(C(F)(F)F)ccc32)CC1. The zero-order chi connectivity index (χ0) is 16.6. The minimum atomic E-state index is -4.29. The molecular formula is C16H18F3NO2S. The first-order valence-electron chi connectivity index (χ1n) is 7.57. The van der Waals surface area contributed by atoms with E-state index in [0.717, 1.165) is 29.1 Å². The van der Waals surface area contributed by atoms with Gasteiger partial charge in [-0.25, -0.2) is 4.79 Å². The Bertz CT molecular complexity index is 597. The lowest BCUT2D eigenvalue weighted by molar-refractivity contribution is -0.137. The second-order valence-electron chi connectivity index (χ2n) is 5.96. The summed E-state index contributed by atoms with van der Waals surface area (Å²) < 4.78 is 43.1. The lowest BCUT2D eigenvalue weighted by Crippen LogP contribution is -2.39. The van der Waals surface area contributed by atoms with Gasteiger partial charge in [0.1, 0.15) is 0 Å². The number of carbonyl (C=O) groups excluding carboxylic acids is 1. The molecule has 1 aromatic carbocycles. The van der Waals surface area contributed by atoms with Gasteiger partial charge < -0.3 is 9.64 Å². The molecule has 0 radical (unpaired) electrons. The highest BCUT2D eigenvalue weighted by atomic mass is 32.2. The average molecular weight is 345 g/mol. The van der Waals surface area contributed by atoms with Crippen LogP contribution in [0.4, 0.5) is 18.0 Å². The zero-order valence-electron chi connectivity index (χ0n) is 12.7. The van der Waals surface area contributed by atoms with Crippen LogP contribution in [-0.4, -0.2) is 36.9 Å². The van der Waals surface area contributed by atoms with Crippen LogP contribution in [0.3, 0.4) is 0 Å². The molecule has 0 N–H and O–H groups in total. The van der Waals surface area contributed by atoms with Crippen molar-refractivity contribution in [3.05, 3.63) is 29.3 Å². The summed E-state index contributed by atoms with van der Waals surface area (Å²) in [4.78, 5) is 14.0. The van der Waals surface area contributed by atoms with E-state index in [-0.39, 0.29) is 12.0 Å². The molecule has 0 bridgehead atoms. The van der Waals surface area contributed by atoms with Gasteiger partial charge in [-0.3, -0.25) is 0 Å². The van der Waals surface area contributed by atoms with Crippen LogP contribution in [0.25, 0.3) is 0 Å². The predicted octanol–water partition coefficient (Wildman–Crippen LogP) is 4.37. The van der Waals surface area contributed by atoms with Crippen LogP contribution in [0.2, 0.25) is 0 Å². The minimum absolute atomic E-state index is 0.275. The first-order chi connectivity index (χ1) is 10.9. The van der Waals surface area contributed by atoms with E-state index in [2.05, 4.69) is 0 Å². The van der Waals surface area contributed by atoms with Crippen LogP contribution < -0.4 is 0 Å². The molecular weight excluding hydrogens is 327 g/mol. The maximum atomic E-state index is 12.8. The number of carbonyl (C=O) groups is 1. The number of hydrogen-bond acceptors (Lipinski definition) is 3. The summed E-state index contributed by atoms with van der Waals surface area (Å²) in [6.45, 7) is 1.29. The molecule has 0 aliphatic carbocycles. The van der Waals surface area contributed by atoms with Gasteiger partial charge >= 0.3 is 12.3 Å². The minimum Gasteiger partial charge on any atom is -0.453 e. The third kappa shape index (κ3) is 3.29. The van der Waals surface area contributed by atoms with E-state index in [1.165, 1.54) is 31.0 Å². The molecule has 3 rings (SSSR count). The van der Waals surface area contributed by atoms with E-state index in [1.54, 1.807) is 11.0 Å². The van der Waals surface area contributed by atoms with Crippen molar-refractivity contribution in [2.24, 2.45) is 5.92 Å². The van der Waals surface area contributed by atoms with Crippen molar-refractivity contribution in [3.63, 3.8) is 0 Å². The normalized spacial score (nSPS) is 22.1. The summed E-state index contributed by atoms with van der Waals surface area (Å²) >= 11 is 1.51. The Morgan fingerprint density at radius 2 is 2.00 bits per heavy atom. The molecule has 126 valence electrons. The standard InChI is InChI=1S/C16H18F3NO2S/c1-22-15(21)20-6-4-10(5-7-20)13-9-23-14-8-11(16(17,18)19)2-3-12(13)14/h2-3,8,10,13H,4-7,9H2,1H3. The molecule has 2 aliphatic rings. The number of likely N-dealkylation sites (tertiary alicyclic amines) is 1. The number of fused-ring (bicyclic) bond motifs is 1. The molecule has 1 fully saturated rings. The smallest absolute Gasteiger partial charge is 0.416 e. The number of hydrogen-bond donors (Lipinski definition) is 0. The summed E-state index contributed by atoms with van der Waals surface area (Å²) in [5, 5.41) is 0. The second kappa shape index (κ2) is 6.26. The highest BCUT2D eigenvalue weighted by Crippen LogP contribution is 2.47. The molecule has 0 saturated carbocycles. The molecule has 0 aromatic heterocycles. The lowest BCUT2D eigenvalue weighted by atomic mass is 9.81. The van der Waals surface area contributed by atoms with Crippen molar-refractivity contribution in [2.45, 2.75) is 29.8 Å². The van der Waals surface area contributed by atoms with Crippen LogP contribution >= 0.6 is 11.8 Å². The van der Waals surface area contributed by atoms with E-state index in [0.29, 0.717) is 19.0 Å². The summed E-state index contributed by atoms with van der Waals surface area (Å²) in [5.74, 6) is 1.50. The monoisotopic (exact) mass is 345 g/mol. The molecule has 23 heavy (non-hydrogen) atoms. The zero-order valence-corrected chi connectivity index (χ0v) is 13.5. The second-order valence-corrected chi connectivity index (χ2v) is 7.02. The number of nitrogens with zero attached hydrogens (tertiary/aromatic N) is 1. The van der Waals surface area contributed by atoms with Gasteiger partial charge in [-0.2, -0.15) is 13.2 Å². The van der Waals surface area contributed by atoms with Crippen molar-refractivity contribution in [1.82, 2.24) is 4.90 Å². The molecule has 3 nitrogen and oxygen atoms in total. The van der Waals surface area contributed by atoms with Gasteiger partial charge in [-0.05, 0) is 42.4 Å². The molecule has 2 heterocycles. The van der Waals surface area contributed by atoms with E-state index in [4.69, 9.17) is 4.74 Å². The highest BCUT2D eigenvalue weighted by Gasteiger charge is 2.36. The van der Waals surface area contributed by atoms with Gasteiger partial charge in [-0.1, -0.05) is 6.07 Å². The number of amides is 1. The molecule has 1 unspecified atom stereocenters. The summed E-state index contributed by atoms with van der Waals surface area (Å²) in [6, 6.07) is 4.08. The van der Waals surface area contributed by atoms with Crippen molar-refractivity contribution < 1.29 is 22.7 Å². The van der Waals surface area contributed by atoms with Gasteiger partial charge in [0, 0.05) is 23.7 Å². The number of ether oxygens (including phenoxy) is 1. The highest BCUT2D eigenvalue weighted by molar-refractivity contribution is 7.99. The fraction of sp³-hybridized carbons (Fsp3) is 0.562. The molecule has 1 saturated heterocycles. The number of benzene rings is 1. The summed E-state index contributed by atoms with van der Waals surface area (Å²) in [6.07, 6.45) is -2.87.